The summed E-state index contributed by atoms with van der Waals surface area (Å²) in [4.78, 5) is 0. The zero-order valence-electron chi connectivity index (χ0n) is 10.6. The van der Waals surface area contributed by atoms with Crippen molar-refractivity contribution in [3.8, 4) is 0 Å². The molecule has 0 aliphatic heterocycles. The molecule has 0 aromatic heterocycles. The van der Waals surface area contributed by atoms with Crippen LogP contribution in [-0.4, -0.2) is 18.6 Å². The van der Waals surface area contributed by atoms with E-state index in [1.165, 1.54) is 18.4 Å². The summed E-state index contributed by atoms with van der Waals surface area (Å²) < 4.78 is 0. The van der Waals surface area contributed by atoms with E-state index in [1.54, 1.807) is 0 Å². The number of aryl methyl sites for hydroxylation is 1. The van der Waals surface area contributed by atoms with Crippen LogP contribution in [0, 0.1) is 6.92 Å². The molecular weight excluding hydrogens is 232 g/mol. The smallest absolute Gasteiger partial charge is 0.0438 e. The fourth-order valence-electron chi connectivity index (χ4n) is 1.74. The lowest BCUT2D eigenvalue weighted by Gasteiger charge is -2.14. The van der Waals surface area contributed by atoms with E-state index in [0.717, 1.165) is 29.7 Å². The van der Waals surface area contributed by atoms with Crippen LogP contribution in [0.2, 0.25) is 5.02 Å². The average molecular weight is 253 g/mol. The highest BCUT2D eigenvalue weighted by atomic mass is 35.5. The van der Waals surface area contributed by atoms with Crippen LogP contribution < -0.4 is 10.6 Å². The lowest BCUT2D eigenvalue weighted by Crippen LogP contribution is -2.36. The molecule has 94 valence electrons. The van der Waals surface area contributed by atoms with Crippen LogP contribution in [-0.2, 0) is 6.54 Å². The number of halogens is 1. The first kappa shape index (κ1) is 12.9. The number of rotatable bonds is 6. The third-order valence-corrected chi connectivity index (χ3v) is 3.59. The lowest BCUT2D eigenvalue weighted by molar-refractivity contribution is 0.500. The largest absolute Gasteiger partial charge is 0.312 e. The highest BCUT2D eigenvalue weighted by Gasteiger charge is 2.20. The number of benzene rings is 1. The summed E-state index contributed by atoms with van der Waals surface area (Å²) in [6.45, 7) is 6.17. The van der Waals surface area contributed by atoms with Gasteiger partial charge in [-0.25, -0.2) is 0 Å². The van der Waals surface area contributed by atoms with Gasteiger partial charge >= 0.3 is 0 Å². The maximum absolute atomic E-state index is 6.10. The molecule has 17 heavy (non-hydrogen) atoms. The summed E-state index contributed by atoms with van der Waals surface area (Å²) in [5.74, 6) is 0. The van der Waals surface area contributed by atoms with Gasteiger partial charge in [-0.1, -0.05) is 23.7 Å². The van der Waals surface area contributed by atoms with Crippen LogP contribution >= 0.6 is 11.6 Å². The van der Waals surface area contributed by atoms with Crippen molar-refractivity contribution in [2.75, 3.05) is 6.54 Å². The number of hydrogen-bond donors (Lipinski definition) is 2. The van der Waals surface area contributed by atoms with Gasteiger partial charge in [0, 0.05) is 30.2 Å². The monoisotopic (exact) mass is 252 g/mol. The Kier molecular flexibility index (Phi) is 4.43. The fourth-order valence-corrected chi connectivity index (χ4v) is 1.94. The highest BCUT2D eigenvalue weighted by Crippen LogP contribution is 2.18. The highest BCUT2D eigenvalue weighted by molar-refractivity contribution is 6.31. The van der Waals surface area contributed by atoms with Crippen LogP contribution in [0.3, 0.4) is 0 Å². The van der Waals surface area contributed by atoms with Crippen molar-refractivity contribution in [1.29, 1.82) is 0 Å². The van der Waals surface area contributed by atoms with Crippen molar-refractivity contribution in [2.24, 2.45) is 0 Å². The van der Waals surface area contributed by atoms with Crippen molar-refractivity contribution >= 4 is 11.6 Å². The SMILES string of the molecule is Cc1ccc(CNC(C)CNC2CC2)cc1Cl. The van der Waals surface area contributed by atoms with Crippen LogP contribution in [0.15, 0.2) is 18.2 Å². The Morgan fingerprint density at radius 1 is 1.41 bits per heavy atom. The zero-order valence-corrected chi connectivity index (χ0v) is 11.3. The van der Waals surface area contributed by atoms with Gasteiger partial charge in [-0.15, -0.1) is 0 Å². The van der Waals surface area contributed by atoms with Gasteiger partial charge in [0.2, 0.25) is 0 Å². The number of nitrogens with one attached hydrogen (secondary N) is 2. The summed E-state index contributed by atoms with van der Waals surface area (Å²) in [5, 5.41) is 7.89. The molecule has 1 aromatic rings. The van der Waals surface area contributed by atoms with Gasteiger partial charge in [0.1, 0.15) is 0 Å². The molecular formula is C14H21ClN2. The van der Waals surface area contributed by atoms with Crippen molar-refractivity contribution < 1.29 is 0 Å². The Morgan fingerprint density at radius 3 is 2.82 bits per heavy atom. The Bertz CT molecular complexity index is 374. The van der Waals surface area contributed by atoms with Gasteiger partial charge < -0.3 is 10.6 Å². The van der Waals surface area contributed by atoms with E-state index >= 15 is 0 Å². The number of hydrogen-bond acceptors (Lipinski definition) is 2. The minimum Gasteiger partial charge on any atom is -0.312 e. The van der Waals surface area contributed by atoms with Crippen molar-refractivity contribution in [3.63, 3.8) is 0 Å². The lowest BCUT2D eigenvalue weighted by atomic mass is 10.1. The second kappa shape index (κ2) is 5.85. The molecule has 2 N–H and O–H groups in total. The zero-order chi connectivity index (χ0) is 12.3. The molecule has 0 heterocycles. The van der Waals surface area contributed by atoms with Crippen molar-refractivity contribution in [2.45, 2.75) is 45.3 Å². The first-order valence-electron chi connectivity index (χ1n) is 6.37. The maximum atomic E-state index is 6.10. The molecule has 1 saturated carbocycles. The Morgan fingerprint density at radius 2 is 2.18 bits per heavy atom. The molecule has 1 aromatic carbocycles. The van der Waals surface area contributed by atoms with Gasteiger partial charge in [0.05, 0.1) is 0 Å². The third-order valence-electron chi connectivity index (χ3n) is 3.18. The van der Waals surface area contributed by atoms with Gasteiger partial charge in [0.25, 0.3) is 0 Å². The van der Waals surface area contributed by atoms with E-state index < -0.39 is 0 Å². The Hall–Kier alpha value is -0.570. The molecule has 0 spiro atoms. The summed E-state index contributed by atoms with van der Waals surface area (Å²) in [7, 11) is 0. The minimum atomic E-state index is 0.496. The summed E-state index contributed by atoms with van der Waals surface area (Å²) in [6.07, 6.45) is 2.70. The van der Waals surface area contributed by atoms with Gasteiger partial charge in [0.15, 0.2) is 0 Å². The first-order valence-corrected chi connectivity index (χ1v) is 6.75. The van der Waals surface area contributed by atoms with Crippen LogP contribution in [0.25, 0.3) is 0 Å². The standard InChI is InChI=1S/C14H21ClN2/c1-10-3-4-12(7-14(10)15)9-16-11(2)8-17-13-5-6-13/h3-4,7,11,13,16-17H,5-6,8-9H2,1-2H3. The Labute approximate surface area is 109 Å². The molecule has 2 rings (SSSR count). The normalized spacial score (nSPS) is 17.1. The molecule has 1 atom stereocenters. The quantitative estimate of drug-likeness (QED) is 0.814. The predicted octanol–water partition coefficient (Wildman–Crippen LogP) is 2.88. The molecule has 1 unspecified atom stereocenters. The average Bonchev–Trinajstić information content (AvgIpc) is 3.12. The molecule has 0 amide bonds. The van der Waals surface area contributed by atoms with E-state index in [1.807, 2.05) is 13.0 Å². The second-order valence-electron chi connectivity index (χ2n) is 5.05. The fraction of sp³-hybridized carbons (Fsp3) is 0.571. The minimum absolute atomic E-state index is 0.496. The summed E-state index contributed by atoms with van der Waals surface area (Å²) in [6, 6.07) is 7.54. The molecule has 2 nitrogen and oxygen atoms in total. The Balaban J connectivity index is 1.73. The third kappa shape index (κ3) is 4.30. The molecule has 1 aliphatic carbocycles. The molecule has 0 bridgehead atoms. The van der Waals surface area contributed by atoms with E-state index in [-0.39, 0.29) is 0 Å². The molecule has 0 saturated heterocycles. The molecule has 1 aliphatic rings. The van der Waals surface area contributed by atoms with E-state index in [0.29, 0.717) is 6.04 Å². The van der Waals surface area contributed by atoms with E-state index in [4.69, 9.17) is 11.6 Å². The topological polar surface area (TPSA) is 24.1 Å². The van der Waals surface area contributed by atoms with Crippen LogP contribution in [0.1, 0.15) is 30.9 Å². The molecule has 0 radical (unpaired) electrons. The van der Waals surface area contributed by atoms with Gasteiger partial charge in [-0.05, 0) is 43.9 Å². The van der Waals surface area contributed by atoms with Gasteiger partial charge in [-0.3, -0.25) is 0 Å². The van der Waals surface area contributed by atoms with E-state index in [2.05, 4.69) is 29.7 Å². The van der Waals surface area contributed by atoms with Crippen molar-refractivity contribution in [1.82, 2.24) is 10.6 Å². The first-order chi connectivity index (χ1) is 8.15. The summed E-state index contributed by atoms with van der Waals surface area (Å²) >= 11 is 6.10. The van der Waals surface area contributed by atoms with Gasteiger partial charge in [-0.2, -0.15) is 0 Å². The van der Waals surface area contributed by atoms with Crippen LogP contribution in [0.5, 0.6) is 0 Å². The van der Waals surface area contributed by atoms with Crippen LogP contribution in [0.4, 0.5) is 0 Å². The molecule has 1 fully saturated rings. The molecule has 3 heteroatoms. The van der Waals surface area contributed by atoms with E-state index in [9.17, 15) is 0 Å². The van der Waals surface area contributed by atoms with Crippen molar-refractivity contribution in [3.05, 3.63) is 34.3 Å². The predicted molar refractivity (Wildman–Crippen MR) is 73.5 cm³/mol. The second-order valence-corrected chi connectivity index (χ2v) is 5.46. The maximum Gasteiger partial charge on any atom is 0.0438 e. The summed E-state index contributed by atoms with van der Waals surface area (Å²) in [5.41, 5.74) is 2.39.